The van der Waals surface area contributed by atoms with Crippen molar-refractivity contribution in [2.24, 2.45) is 0 Å². The highest BCUT2D eigenvalue weighted by Gasteiger charge is 2.49. The van der Waals surface area contributed by atoms with Gasteiger partial charge in [-0.1, -0.05) is 13.8 Å². The minimum Gasteiger partial charge on any atom is -0.291 e. The summed E-state index contributed by atoms with van der Waals surface area (Å²) in [5.74, 6) is 0. The summed E-state index contributed by atoms with van der Waals surface area (Å²) in [6, 6.07) is 0. The fourth-order valence-electron chi connectivity index (χ4n) is 3.44. The first kappa shape index (κ1) is 18.8. The lowest BCUT2D eigenvalue weighted by atomic mass is 9.82. The first-order valence-corrected chi connectivity index (χ1v) is 7.94. The Morgan fingerprint density at radius 3 is 1.71 bits per heavy atom. The molecule has 0 aliphatic carbocycles. The smallest absolute Gasteiger partial charge is 0.291 e. The van der Waals surface area contributed by atoms with Crippen molar-refractivity contribution < 1.29 is 18.0 Å². The van der Waals surface area contributed by atoms with Crippen LogP contribution >= 0.6 is 0 Å². The van der Waals surface area contributed by atoms with Gasteiger partial charge >= 0.3 is 6.18 Å². The minimum atomic E-state index is -4.21. The minimum absolute atomic E-state index is 0.247. The van der Waals surface area contributed by atoms with Gasteiger partial charge in [0.05, 0.1) is 12.0 Å². The van der Waals surface area contributed by atoms with Crippen LogP contribution in [0, 0.1) is 0 Å². The molecule has 21 heavy (non-hydrogen) atoms. The standard InChI is InChI=1S/C16H30F3NO/c1-7-15(8-2,12-16(17,18)19)21-20-13(3,4)10-9-11-14(20,5)6/h7-12H2,1-6H3. The molecular formula is C16H30F3NO. The molecule has 0 bridgehead atoms. The largest absolute Gasteiger partial charge is 0.391 e. The zero-order valence-corrected chi connectivity index (χ0v) is 14.2. The van der Waals surface area contributed by atoms with Crippen LogP contribution in [0.3, 0.4) is 0 Å². The Kier molecular flexibility index (Phi) is 5.42. The molecule has 5 heteroatoms. The van der Waals surface area contributed by atoms with Crippen molar-refractivity contribution >= 4 is 0 Å². The van der Waals surface area contributed by atoms with Crippen LogP contribution in [0.25, 0.3) is 0 Å². The summed E-state index contributed by atoms with van der Waals surface area (Å²) in [4.78, 5) is 6.10. The van der Waals surface area contributed by atoms with Gasteiger partial charge in [0.1, 0.15) is 0 Å². The molecule has 0 aromatic carbocycles. The second-order valence-electron chi connectivity index (χ2n) is 7.55. The predicted octanol–water partition coefficient (Wildman–Crippen LogP) is 5.47. The molecule has 0 spiro atoms. The Labute approximate surface area is 127 Å². The summed E-state index contributed by atoms with van der Waals surface area (Å²) in [6.45, 7) is 11.8. The summed E-state index contributed by atoms with van der Waals surface area (Å²) in [7, 11) is 0. The average Bonchev–Trinajstić information content (AvgIpc) is 2.30. The zero-order chi connectivity index (χ0) is 16.5. The lowest BCUT2D eigenvalue weighted by Gasteiger charge is -2.54. The van der Waals surface area contributed by atoms with Gasteiger partial charge in [-0.05, 0) is 59.8 Å². The first-order valence-electron chi connectivity index (χ1n) is 7.94. The van der Waals surface area contributed by atoms with Gasteiger partial charge in [0, 0.05) is 11.1 Å². The normalized spacial score (nSPS) is 23.3. The van der Waals surface area contributed by atoms with Crippen molar-refractivity contribution in [3.8, 4) is 0 Å². The van der Waals surface area contributed by atoms with E-state index >= 15 is 0 Å². The molecule has 1 aliphatic heterocycles. The van der Waals surface area contributed by atoms with Gasteiger partial charge in [-0.25, -0.2) is 0 Å². The van der Waals surface area contributed by atoms with Crippen LogP contribution in [0.4, 0.5) is 13.2 Å². The van der Waals surface area contributed by atoms with Gasteiger partial charge in [0.15, 0.2) is 0 Å². The molecule has 0 amide bonds. The quantitative estimate of drug-likeness (QED) is 0.667. The molecule has 0 unspecified atom stereocenters. The fraction of sp³-hybridized carbons (Fsp3) is 1.00. The topological polar surface area (TPSA) is 12.5 Å². The van der Waals surface area contributed by atoms with Crippen LogP contribution in [0.5, 0.6) is 0 Å². The number of piperidine rings is 1. The third kappa shape index (κ3) is 4.59. The van der Waals surface area contributed by atoms with Crippen molar-refractivity contribution in [2.45, 2.75) is 103 Å². The van der Waals surface area contributed by atoms with Crippen molar-refractivity contribution in [1.29, 1.82) is 0 Å². The summed E-state index contributed by atoms with van der Waals surface area (Å²) in [6.07, 6.45) is -1.45. The van der Waals surface area contributed by atoms with E-state index < -0.39 is 18.2 Å². The SMILES string of the molecule is CCC(CC)(CC(F)(F)F)ON1C(C)(C)CCCC1(C)C. The molecule has 0 N–H and O–H groups in total. The third-order valence-corrected chi connectivity index (χ3v) is 4.77. The molecule has 0 radical (unpaired) electrons. The molecule has 0 aromatic rings. The highest BCUT2D eigenvalue weighted by molar-refractivity contribution is 4.94. The van der Waals surface area contributed by atoms with Crippen LogP contribution in [-0.4, -0.2) is 27.9 Å². The van der Waals surface area contributed by atoms with Gasteiger partial charge in [-0.15, -0.1) is 0 Å². The number of rotatable bonds is 5. The summed E-state index contributed by atoms with van der Waals surface area (Å²) >= 11 is 0. The second kappa shape index (κ2) is 6.07. The van der Waals surface area contributed by atoms with Crippen LogP contribution in [0.1, 0.15) is 80.1 Å². The molecule has 1 fully saturated rings. The van der Waals surface area contributed by atoms with E-state index in [2.05, 4.69) is 27.7 Å². The maximum Gasteiger partial charge on any atom is 0.391 e. The number of hydrogen-bond donors (Lipinski definition) is 0. The van der Waals surface area contributed by atoms with E-state index in [1.54, 1.807) is 13.8 Å². The number of hydroxylamine groups is 2. The van der Waals surface area contributed by atoms with Crippen LogP contribution in [-0.2, 0) is 4.84 Å². The van der Waals surface area contributed by atoms with E-state index in [0.29, 0.717) is 12.8 Å². The van der Waals surface area contributed by atoms with E-state index in [1.165, 1.54) is 0 Å². The molecule has 1 rings (SSSR count). The lowest BCUT2D eigenvalue weighted by Crippen LogP contribution is -2.61. The molecule has 1 aliphatic rings. The monoisotopic (exact) mass is 309 g/mol. The molecule has 0 saturated carbocycles. The van der Waals surface area contributed by atoms with Gasteiger partial charge in [0.2, 0.25) is 0 Å². The van der Waals surface area contributed by atoms with Gasteiger partial charge in [0.25, 0.3) is 0 Å². The molecule has 0 aromatic heterocycles. The predicted molar refractivity (Wildman–Crippen MR) is 78.9 cm³/mol. The Bertz CT molecular complexity index is 330. The van der Waals surface area contributed by atoms with Crippen molar-refractivity contribution in [3.63, 3.8) is 0 Å². The third-order valence-electron chi connectivity index (χ3n) is 4.77. The zero-order valence-electron chi connectivity index (χ0n) is 14.2. The van der Waals surface area contributed by atoms with Crippen molar-refractivity contribution in [1.82, 2.24) is 5.06 Å². The van der Waals surface area contributed by atoms with E-state index in [0.717, 1.165) is 19.3 Å². The lowest BCUT2D eigenvalue weighted by molar-refractivity contribution is -0.352. The average molecular weight is 309 g/mol. The highest BCUT2D eigenvalue weighted by Crippen LogP contribution is 2.43. The molecule has 2 nitrogen and oxygen atoms in total. The van der Waals surface area contributed by atoms with Crippen LogP contribution in [0.2, 0.25) is 0 Å². The van der Waals surface area contributed by atoms with Crippen molar-refractivity contribution in [2.75, 3.05) is 0 Å². The maximum absolute atomic E-state index is 13.0. The number of alkyl halides is 3. The maximum atomic E-state index is 13.0. The molecule has 126 valence electrons. The summed E-state index contributed by atoms with van der Waals surface area (Å²) in [5, 5.41) is 1.85. The molecule has 1 saturated heterocycles. The highest BCUT2D eigenvalue weighted by atomic mass is 19.4. The second-order valence-corrected chi connectivity index (χ2v) is 7.55. The van der Waals surface area contributed by atoms with Gasteiger partial charge in [-0.3, -0.25) is 4.84 Å². The van der Waals surface area contributed by atoms with E-state index in [9.17, 15) is 13.2 Å². The van der Waals surface area contributed by atoms with Crippen LogP contribution in [0.15, 0.2) is 0 Å². The Balaban J connectivity index is 3.05. The number of halogens is 3. The van der Waals surface area contributed by atoms with E-state index in [-0.39, 0.29) is 11.1 Å². The van der Waals surface area contributed by atoms with Gasteiger partial charge < -0.3 is 0 Å². The Morgan fingerprint density at radius 1 is 0.952 bits per heavy atom. The molecule has 1 heterocycles. The first-order chi connectivity index (χ1) is 9.37. The van der Waals surface area contributed by atoms with Gasteiger partial charge in [-0.2, -0.15) is 18.2 Å². The molecular weight excluding hydrogens is 279 g/mol. The Morgan fingerprint density at radius 2 is 1.38 bits per heavy atom. The van der Waals surface area contributed by atoms with E-state index in [1.807, 2.05) is 5.06 Å². The Hall–Kier alpha value is -0.290. The summed E-state index contributed by atoms with van der Waals surface area (Å²) in [5.41, 5.74) is -1.66. The fourth-order valence-corrected chi connectivity index (χ4v) is 3.44. The molecule has 0 atom stereocenters. The van der Waals surface area contributed by atoms with E-state index in [4.69, 9.17) is 4.84 Å². The van der Waals surface area contributed by atoms with Crippen LogP contribution < -0.4 is 0 Å². The van der Waals surface area contributed by atoms with Crippen molar-refractivity contribution in [3.05, 3.63) is 0 Å². The number of nitrogens with zero attached hydrogens (tertiary/aromatic N) is 1. The summed E-state index contributed by atoms with van der Waals surface area (Å²) < 4.78 is 38.9. The number of hydrogen-bond acceptors (Lipinski definition) is 2.